The van der Waals surface area contributed by atoms with E-state index in [1.807, 2.05) is 24.3 Å². The number of hydrogen-bond acceptors (Lipinski definition) is 6. The quantitative estimate of drug-likeness (QED) is 0.813. The summed E-state index contributed by atoms with van der Waals surface area (Å²) < 4.78 is 6.78. The van der Waals surface area contributed by atoms with E-state index in [2.05, 4.69) is 33.1 Å². The summed E-state index contributed by atoms with van der Waals surface area (Å²) in [7, 11) is 0. The Balaban J connectivity index is 1.92. The molecule has 2 aliphatic heterocycles. The summed E-state index contributed by atoms with van der Waals surface area (Å²) in [6, 6.07) is 12.3. The topological polar surface area (TPSA) is 95.2 Å². The van der Waals surface area contributed by atoms with Gasteiger partial charge in [-0.15, -0.1) is 0 Å². The van der Waals surface area contributed by atoms with E-state index >= 15 is 0 Å². The van der Waals surface area contributed by atoms with Crippen LogP contribution in [-0.2, 0) is 4.74 Å². The van der Waals surface area contributed by atoms with Crippen LogP contribution < -0.4 is 5.73 Å². The summed E-state index contributed by atoms with van der Waals surface area (Å²) in [6.45, 7) is 0.513. The zero-order valence-corrected chi connectivity index (χ0v) is 13.8. The Labute approximate surface area is 140 Å². The number of rotatable bonds is 1. The summed E-state index contributed by atoms with van der Waals surface area (Å²) in [4.78, 5) is 4.41. The van der Waals surface area contributed by atoms with Crippen LogP contribution in [0.3, 0.4) is 0 Å². The van der Waals surface area contributed by atoms with Crippen molar-refractivity contribution in [2.45, 2.75) is 11.0 Å². The van der Waals surface area contributed by atoms with Gasteiger partial charge in [0.2, 0.25) is 5.06 Å². The number of thioether (sulfide) groups is 1. The average molecular weight is 375 g/mol. The summed E-state index contributed by atoms with van der Waals surface area (Å²) in [5, 5.41) is 18.7. The molecule has 110 valence electrons. The monoisotopic (exact) mass is 374 g/mol. The molecule has 2 heterocycles. The minimum Gasteiger partial charge on any atom is -0.386 e. The maximum atomic E-state index is 9.96. The van der Waals surface area contributed by atoms with Crippen molar-refractivity contribution in [2.24, 2.45) is 21.6 Å². The molecular weight excluding hydrogens is 364 g/mol. The number of aliphatic imine (C=N–C) groups is 1. The van der Waals surface area contributed by atoms with Crippen LogP contribution in [0.4, 0.5) is 0 Å². The van der Waals surface area contributed by atoms with Crippen molar-refractivity contribution in [1.29, 1.82) is 10.5 Å². The van der Waals surface area contributed by atoms with Crippen molar-refractivity contribution in [3.63, 3.8) is 0 Å². The first-order valence-corrected chi connectivity index (χ1v) is 8.57. The number of nitriles is 2. The van der Waals surface area contributed by atoms with Crippen molar-refractivity contribution in [3.05, 3.63) is 34.3 Å². The minimum atomic E-state index is -1.09. The molecule has 0 bridgehead atoms. The number of benzene rings is 1. The van der Waals surface area contributed by atoms with Gasteiger partial charge in [0.25, 0.3) is 0 Å². The zero-order valence-electron chi connectivity index (χ0n) is 11.4. The SMILES string of the molecule is N#C[C@@]12[C@H](c3ccc(Br)cc3)[C@]1(C#N)C(N)=N[C@@]21OCCS1. The summed E-state index contributed by atoms with van der Waals surface area (Å²) in [5.41, 5.74) is 4.89. The van der Waals surface area contributed by atoms with Crippen molar-refractivity contribution in [3.8, 4) is 12.1 Å². The van der Waals surface area contributed by atoms with E-state index in [1.54, 1.807) is 0 Å². The van der Waals surface area contributed by atoms with Gasteiger partial charge in [-0.25, -0.2) is 4.99 Å². The van der Waals surface area contributed by atoms with E-state index in [4.69, 9.17) is 10.5 Å². The maximum Gasteiger partial charge on any atom is 0.230 e. The van der Waals surface area contributed by atoms with Crippen LogP contribution >= 0.6 is 27.7 Å². The molecule has 4 atom stereocenters. The van der Waals surface area contributed by atoms with E-state index < -0.39 is 15.9 Å². The molecule has 0 radical (unpaired) electrons. The molecule has 4 rings (SSSR count). The Morgan fingerprint density at radius 3 is 2.59 bits per heavy atom. The molecule has 0 aromatic heterocycles. The van der Waals surface area contributed by atoms with Gasteiger partial charge in [0.05, 0.1) is 18.7 Å². The molecule has 0 amide bonds. The summed E-state index contributed by atoms with van der Waals surface area (Å²) >= 11 is 4.87. The molecule has 7 heteroatoms. The first-order valence-electron chi connectivity index (χ1n) is 6.80. The van der Waals surface area contributed by atoms with Gasteiger partial charge in [0.15, 0.2) is 5.41 Å². The minimum absolute atomic E-state index is 0.221. The van der Waals surface area contributed by atoms with Gasteiger partial charge < -0.3 is 10.5 Å². The Hall–Kier alpha value is -1.54. The molecule has 2 N–H and O–H groups in total. The van der Waals surface area contributed by atoms with Crippen molar-refractivity contribution in [1.82, 2.24) is 0 Å². The molecule has 5 nitrogen and oxygen atoms in total. The largest absolute Gasteiger partial charge is 0.386 e. The van der Waals surface area contributed by atoms with Crippen LogP contribution in [0.25, 0.3) is 0 Å². The molecular formula is C15H11BrN4OS. The van der Waals surface area contributed by atoms with Gasteiger partial charge in [0, 0.05) is 16.1 Å². The van der Waals surface area contributed by atoms with Crippen molar-refractivity contribution < 1.29 is 4.74 Å². The van der Waals surface area contributed by atoms with Crippen LogP contribution in [-0.4, -0.2) is 23.3 Å². The van der Waals surface area contributed by atoms with E-state index in [9.17, 15) is 10.5 Å². The number of nitrogens with zero attached hydrogens (tertiary/aromatic N) is 3. The molecule has 1 aromatic carbocycles. The summed E-state index contributed by atoms with van der Waals surface area (Å²) in [5.74, 6) is 0.652. The third-order valence-corrected chi connectivity index (χ3v) is 6.63. The van der Waals surface area contributed by atoms with Gasteiger partial charge in [-0.05, 0) is 17.7 Å². The van der Waals surface area contributed by atoms with Crippen molar-refractivity contribution >= 4 is 33.5 Å². The Bertz CT molecular complexity index is 774. The highest BCUT2D eigenvalue weighted by Gasteiger charge is 2.93. The van der Waals surface area contributed by atoms with Gasteiger partial charge in [-0.3, -0.25) is 0 Å². The second kappa shape index (κ2) is 4.26. The number of amidine groups is 1. The zero-order chi connectivity index (χ0) is 15.6. The lowest BCUT2D eigenvalue weighted by Gasteiger charge is -2.26. The van der Waals surface area contributed by atoms with Gasteiger partial charge in [-0.1, -0.05) is 39.8 Å². The normalized spacial score (nSPS) is 41.6. The molecule has 1 aromatic rings. The van der Waals surface area contributed by atoms with E-state index in [1.165, 1.54) is 11.8 Å². The highest BCUT2D eigenvalue weighted by atomic mass is 79.9. The van der Waals surface area contributed by atoms with Crippen LogP contribution in [0, 0.1) is 33.5 Å². The Morgan fingerprint density at radius 1 is 1.32 bits per heavy atom. The average Bonchev–Trinajstić information content (AvgIpc) is 2.77. The Morgan fingerprint density at radius 2 is 2.05 bits per heavy atom. The lowest BCUT2D eigenvalue weighted by atomic mass is 9.95. The standard InChI is InChI=1S/C15H11BrN4OS/c16-10-3-1-9(2-4-10)11-13(7-17)12(19)20-15(14(11,13)8-18)21-5-6-22-15/h1-4,11H,5-6H2,(H2,19,20)/t11-,13-,14-,15-/m1/s1. The van der Waals surface area contributed by atoms with Crippen LogP contribution in [0.5, 0.6) is 0 Å². The van der Waals surface area contributed by atoms with Crippen LogP contribution in [0.2, 0.25) is 0 Å². The van der Waals surface area contributed by atoms with Crippen molar-refractivity contribution in [2.75, 3.05) is 12.4 Å². The third-order valence-electron chi connectivity index (χ3n) is 4.81. The second-order valence-electron chi connectivity index (χ2n) is 5.60. The summed E-state index contributed by atoms with van der Waals surface area (Å²) in [6.07, 6.45) is 0. The third kappa shape index (κ3) is 1.27. The van der Waals surface area contributed by atoms with E-state index in [0.29, 0.717) is 6.61 Å². The maximum absolute atomic E-state index is 9.96. The smallest absolute Gasteiger partial charge is 0.230 e. The molecule has 1 spiro atoms. The number of nitrogens with two attached hydrogens (primary N) is 1. The highest BCUT2D eigenvalue weighted by molar-refractivity contribution is 9.10. The fourth-order valence-electron chi connectivity index (χ4n) is 3.87. The second-order valence-corrected chi connectivity index (χ2v) is 7.77. The first kappa shape index (κ1) is 14.1. The predicted octanol–water partition coefficient (Wildman–Crippen LogP) is 2.35. The number of ether oxygens (including phenoxy) is 1. The number of hydrogen-bond donors (Lipinski definition) is 1. The number of halogens is 1. The first-order chi connectivity index (χ1) is 10.6. The Kier molecular flexibility index (Phi) is 2.73. The predicted molar refractivity (Wildman–Crippen MR) is 85.7 cm³/mol. The van der Waals surface area contributed by atoms with Crippen LogP contribution in [0.15, 0.2) is 33.7 Å². The molecule has 1 saturated carbocycles. The highest BCUT2D eigenvalue weighted by Crippen LogP contribution is 2.84. The number of fused-ring (bicyclic) bond motifs is 2. The van der Waals surface area contributed by atoms with E-state index in [-0.39, 0.29) is 11.8 Å². The molecule has 2 fully saturated rings. The van der Waals surface area contributed by atoms with Gasteiger partial charge >= 0.3 is 0 Å². The lowest BCUT2D eigenvalue weighted by molar-refractivity contribution is 0.0200. The van der Waals surface area contributed by atoms with Gasteiger partial charge in [-0.2, -0.15) is 10.5 Å². The van der Waals surface area contributed by atoms with Crippen LogP contribution in [0.1, 0.15) is 11.5 Å². The molecule has 1 aliphatic carbocycles. The molecule has 1 saturated heterocycles. The molecule has 3 aliphatic rings. The fraction of sp³-hybridized carbons (Fsp3) is 0.400. The van der Waals surface area contributed by atoms with Gasteiger partial charge in [0.1, 0.15) is 11.3 Å². The molecule has 22 heavy (non-hydrogen) atoms. The molecule has 0 unspecified atom stereocenters. The van der Waals surface area contributed by atoms with E-state index in [0.717, 1.165) is 15.8 Å². The lowest BCUT2D eigenvalue weighted by Crippen LogP contribution is -2.34. The fourth-order valence-corrected chi connectivity index (χ4v) is 5.46.